The Balaban J connectivity index is 1.48. The molecule has 4 rings (SSSR count). The zero-order valence-electron chi connectivity index (χ0n) is 16.5. The van der Waals surface area contributed by atoms with E-state index in [9.17, 15) is 9.59 Å². The molecule has 6 nitrogen and oxygen atoms in total. The Morgan fingerprint density at radius 1 is 1.13 bits per heavy atom. The van der Waals surface area contributed by atoms with Crippen LogP contribution < -0.4 is 5.56 Å². The summed E-state index contributed by atoms with van der Waals surface area (Å²) in [5, 5.41) is 3.04. The van der Waals surface area contributed by atoms with Gasteiger partial charge >= 0.3 is 5.97 Å². The van der Waals surface area contributed by atoms with Crippen LogP contribution in [0.15, 0.2) is 63.7 Å². The van der Waals surface area contributed by atoms with Crippen LogP contribution >= 0.6 is 23.1 Å². The average Bonchev–Trinajstić information content (AvgIpc) is 3.15. The van der Waals surface area contributed by atoms with Gasteiger partial charge in [0.25, 0.3) is 5.56 Å². The van der Waals surface area contributed by atoms with Crippen molar-refractivity contribution in [3.8, 4) is 0 Å². The molecule has 0 aliphatic heterocycles. The number of ether oxygens (including phenoxy) is 1. The van der Waals surface area contributed by atoms with Crippen LogP contribution in [0.4, 0.5) is 0 Å². The zero-order valence-corrected chi connectivity index (χ0v) is 18.1. The summed E-state index contributed by atoms with van der Waals surface area (Å²) in [6.07, 6.45) is 1.69. The first kappa shape index (κ1) is 20.3. The maximum absolute atomic E-state index is 12.7. The third kappa shape index (κ3) is 4.60. The number of benzene rings is 1. The third-order valence-electron chi connectivity index (χ3n) is 4.38. The van der Waals surface area contributed by atoms with E-state index in [-0.39, 0.29) is 12.2 Å². The second-order valence-electron chi connectivity index (χ2n) is 6.74. The molecule has 0 saturated heterocycles. The number of hydrogen-bond acceptors (Lipinski definition) is 7. The Morgan fingerprint density at radius 3 is 2.77 bits per heavy atom. The van der Waals surface area contributed by atoms with E-state index in [0.717, 1.165) is 21.2 Å². The third-order valence-corrected chi connectivity index (χ3v) is 6.31. The highest BCUT2D eigenvalue weighted by Crippen LogP contribution is 2.27. The van der Waals surface area contributed by atoms with Crippen molar-refractivity contribution in [2.75, 3.05) is 0 Å². The number of carbonyl (C=O) groups excluding carboxylic acids is 1. The van der Waals surface area contributed by atoms with E-state index in [1.54, 1.807) is 41.4 Å². The number of thiazole rings is 1. The first-order valence-corrected chi connectivity index (χ1v) is 11.1. The van der Waals surface area contributed by atoms with Gasteiger partial charge in [-0.1, -0.05) is 12.1 Å². The molecule has 0 amide bonds. The van der Waals surface area contributed by atoms with E-state index in [1.807, 2.05) is 43.5 Å². The summed E-state index contributed by atoms with van der Waals surface area (Å²) in [4.78, 5) is 34.7. The Hall–Kier alpha value is -2.97. The number of rotatable bonds is 6. The van der Waals surface area contributed by atoms with E-state index in [2.05, 4.69) is 9.97 Å². The van der Waals surface area contributed by atoms with Crippen LogP contribution in [-0.4, -0.2) is 20.3 Å². The number of pyridine rings is 1. The lowest BCUT2D eigenvalue weighted by Crippen LogP contribution is -2.16. The lowest BCUT2D eigenvalue weighted by Gasteiger charge is -2.09. The van der Waals surface area contributed by atoms with Crippen molar-refractivity contribution in [2.45, 2.75) is 31.1 Å². The predicted octanol–water partition coefficient (Wildman–Crippen LogP) is 4.42. The number of carbonyl (C=O) groups is 1. The van der Waals surface area contributed by atoms with Crippen molar-refractivity contribution in [2.24, 2.45) is 0 Å². The van der Waals surface area contributed by atoms with Crippen molar-refractivity contribution < 1.29 is 9.53 Å². The molecule has 0 N–H and O–H groups in total. The van der Waals surface area contributed by atoms with Crippen LogP contribution in [0.2, 0.25) is 0 Å². The standard InChI is InChI=1S/C22H19N3O3S2/c1-14-7-8-25-20(9-14)24-16(10-21(25)26)11-28-22(27)18-5-3-4-6-19(18)30-13-17-12-29-15(2)23-17/h3-10,12H,11,13H2,1-2H3. The highest BCUT2D eigenvalue weighted by Gasteiger charge is 2.14. The lowest BCUT2D eigenvalue weighted by atomic mass is 10.2. The van der Waals surface area contributed by atoms with E-state index in [4.69, 9.17) is 4.74 Å². The quantitative estimate of drug-likeness (QED) is 0.328. The second kappa shape index (κ2) is 8.81. The van der Waals surface area contributed by atoms with E-state index >= 15 is 0 Å². The molecule has 0 radical (unpaired) electrons. The monoisotopic (exact) mass is 437 g/mol. The molecule has 0 atom stereocenters. The predicted molar refractivity (Wildman–Crippen MR) is 118 cm³/mol. The summed E-state index contributed by atoms with van der Waals surface area (Å²) in [7, 11) is 0. The van der Waals surface area contributed by atoms with Crippen LogP contribution in [-0.2, 0) is 17.1 Å². The second-order valence-corrected chi connectivity index (χ2v) is 8.82. The number of hydrogen-bond donors (Lipinski definition) is 0. The van der Waals surface area contributed by atoms with Gasteiger partial charge in [-0.25, -0.2) is 14.8 Å². The summed E-state index contributed by atoms with van der Waals surface area (Å²) < 4.78 is 6.93. The molecule has 152 valence electrons. The highest BCUT2D eigenvalue weighted by molar-refractivity contribution is 7.98. The number of nitrogens with zero attached hydrogens (tertiary/aromatic N) is 3. The van der Waals surface area contributed by atoms with Crippen molar-refractivity contribution in [3.05, 3.63) is 91.9 Å². The number of aromatic nitrogens is 3. The molecule has 0 saturated carbocycles. The van der Waals surface area contributed by atoms with Gasteiger partial charge in [0.05, 0.1) is 22.0 Å². The topological polar surface area (TPSA) is 73.6 Å². The summed E-state index contributed by atoms with van der Waals surface area (Å²) in [6, 6.07) is 12.4. The number of fused-ring (bicyclic) bond motifs is 1. The molecular weight excluding hydrogens is 418 g/mol. The fourth-order valence-electron chi connectivity index (χ4n) is 2.93. The highest BCUT2D eigenvalue weighted by atomic mass is 32.2. The fraction of sp³-hybridized carbons (Fsp3) is 0.182. The maximum Gasteiger partial charge on any atom is 0.339 e. The average molecular weight is 438 g/mol. The minimum absolute atomic E-state index is 0.0667. The van der Waals surface area contributed by atoms with E-state index < -0.39 is 5.97 Å². The van der Waals surface area contributed by atoms with Crippen LogP contribution in [0.3, 0.4) is 0 Å². The van der Waals surface area contributed by atoms with Crippen molar-refractivity contribution >= 4 is 34.7 Å². The number of aryl methyl sites for hydroxylation is 2. The molecule has 0 fully saturated rings. The van der Waals surface area contributed by atoms with Gasteiger partial charge in [0.2, 0.25) is 0 Å². The van der Waals surface area contributed by atoms with Gasteiger partial charge in [-0.2, -0.15) is 0 Å². The fourth-order valence-corrected chi connectivity index (χ4v) is 4.58. The summed E-state index contributed by atoms with van der Waals surface area (Å²) >= 11 is 3.15. The molecule has 0 unspecified atom stereocenters. The Morgan fingerprint density at radius 2 is 1.97 bits per heavy atom. The molecule has 3 heterocycles. The molecule has 4 aromatic rings. The molecule has 0 bridgehead atoms. The molecule has 0 spiro atoms. The molecule has 8 heteroatoms. The van der Waals surface area contributed by atoms with Gasteiger partial charge in [-0.05, 0) is 43.7 Å². The Kier molecular flexibility index (Phi) is 5.96. The first-order chi connectivity index (χ1) is 14.5. The molecule has 3 aromatic heterocycles. The van der Waals surface area contributed by atoms with Gasteiger partial charge in [0, 0.05) is 28.3 Å². The van der Waals surface area contributed by atoms with Gasteiger partial charge in [0.15, 0.2) is 0 Å². The zero-order chi connectivity index (χ0) is 21.1. The van der Waals surface area contributed by atoms with E-state index in [0.29, 0.717) is 22.7 Å². The van der Waals surface area contributed by atoms with Crippen molar-refractivity contribution in [1.29, 1.82) is 0 Å². The smallest absolute Gasteiger partial charge is 0.339 e. The number of esters is 1. The molecule has 1 aromatic carbocycles. The molecule has 0 aliphatic rings. The summed E-state index contributed by atoms with van der Waals surface area (Å²) in [5.74, 6) is 0.232. The maximum atomic E-state index is 12.7. The van der Waals surface area contributed by atoms with Crippen LogP contribution in [0.5, 0.6) is 0 Å². The molecule has 30 heavy (non-hydrogen) atoms. The normalized spacial score (nSPS) is 11.0. The van der Waals surface area contributed by atoms with Gasteiger partial charge in [-0.15, -0.1) is 23.1 Å². The Labute approximate surface area is 181 Å². The van der Waals surface area contributed by atoms with Crippen molar-refractivity contribution in [1.82, 2.24) is 14.4 Å². The van der Waals surface area contributed by atoms with Crippen LogP contribution in [0.1, 0.15) is 32.3 Å². The van der Waals surface area contributed by atoms with Gasteiger partial charge < -0.3 is 4.74 Å². The molecule has 0 aliphatic carbocycles. The largest absolute Gasteiger partial charge is 0.456 e. The lowest BCUT2D eigenvalue weighted by molar-refractivity contribution is 0.0463. The minimum Gasteiger partial charge on any atom is -0.456 e. The van der Waals surface area contributed by atoms with Crippen LogP contribution in [0.25, 0.3) is 5.65 Å². The summed E-state index contributed by atoms with van der Waals surface area (Å²) in [6.45, 7) is 3.83. The van der Waals surface area contributed by atoms with Crippen LogP contribution in [0, 0.1) is 13.8 Å². The molecular formula is C22H19N3O3S2. The number of thioether (sulfide) groups is 1. The first-order valence-electron chi connectivity index (χ1n) is 9.28. The van der Waals surface area contributed by atoms with E-state index in [1.165, 1.54) is 10.5 Å². The van der Waals surface area contributed by atoms with Crippen molar-refractivity contribution in [3.63, 3.8) is 0 Å². The van der Waals surface area contributed by atoms with Gasteiger partial charge in [-0.3, -0.25) is 9.20 Å². The Bertz CT molecular complexity index is 1280. The van der Waals surface area contributed by atoms with Gasteiger partial charge in [0.1, 0.15) is 12.3 Å². The summed E-state index contributed by atoms with van der Waals surface area (Å²) in [5.41, 5.74) is 3.22. The minimum atomic E-state index is -0.446. The SMILES string of the molecule is Cc1ccn2c(=O)cc(COC(=O)c3ccccc3SCc3csc(C)n3)nc2c1.